The molecule has 1 fully saturated rings. The monoisotopic (exact) mass is 340 g/mol. The van der Waals surface area contributed by atoms with Crippen molar-refractivity contribution in [2.24, 2.45) is 0 Å². The lowest BCUT2D eigenvalue weighted by molar-refractivity contribution is -0.134. The van der Waals surface area contributed by atoms with Crippen molar-refractivity contribution in [3.05, 3.63) is 53.9 Å². The van der Waals surface area contributed by atoms with Crippen LogP contribution in [0.4, 0.5) is 0 Å². The molecule has 0 spiro atoms. The van der Waals surface area contributed by atoms with Crippen LogP contribution in [0.5, 0.6) is 0 Å². The van der Waals surface area contributed by atoms with Crippen LogP contribution in [0.2, 0.25) is 0 Å². The Morgan fingerprint density at radius 1 is 1.28 bits per heavy atom. The summed E-state index contributed by atoms with van der Waals surface area (Å²) in [5.41, 5.74) is 1.61. The number of aromatic amines is 1. The van der Waals surface area contributed by atoms with Gasteiger partial charge in [-0.25, -0.2) is 0 Å². The smallest absolute Gasteiger partial charge is 0.254 e. The van der Waals surface area contributed by atoms with Crippen molar-refractivity contribution in [1.29, 1.82) is 0 Å². The summed E-state index contributed by atoms with van der Waals surface area (Å²) >= 11 is 0. The Bertz CT molecular complexity index is 691. The van der Waals surface area contributed by atoms with Crippen LogP contribution in [0.1, 0.15) is 48.0 Å². The van der Waals surface area contributed by atoms with Crippen LogP contribution in [0.3, 0.4) is 0 Å². The first-order chi connectivity index (χ1) is 12.2. The predicted molar refractivity (Wildman–Crippen MR) is 95.1 cm³/mol. The summed E-state index contributed by atoms with van der Waals surface area (Å²) in [6, 6.07) is 10.1. The molecule has 3 rings (SSSR count). The Labute approximate surface area is 147 Å². The highest BCUT2D eigenvalue weighted by molar-refractivity contribution is 5.93. The quantitative estimate of drug-likeness (QED) is 0.877. The van der Waals surface area contributed by atoms with Gasteiger partial charge in [-0.05, 0) is 24.8 Å². The summed E-state index contributed by atoms with van der Waals surface area (Å²) in [5, 5.41) is 9.45. The van der Waals surface area contributed by atoms with E-state index in [1.54, 1.807) is 6.20 Å². The van der Waals surface area contributed by atoms with Crippen molar-refractivity contribution in [3.63, 3.8) is 0 Å². The number of likely N-dealkylation sites (tertiary alicyclic amines) is 1. The second kappa shape index (κ2) is 7.96. The molecule has 2 aromatic rings. The number of carbonyl (C=O) groups excluding carboxylic acids is 2. The van der Waals surface area contributed by atoms with Crippen molar-refractivity contribution >= 4 is 11.8 Å². The molecule has 0 radical (unpaired) electrons. The van der Waals surface area contributed by atoms with Gasteiger partial charge < -0.3 is 10.2 Å². The Morgan fingerprint density at radius 3 is 2.60 bits per heavy atom. The van der Waals surface area contributed by atoms with Crippen LogP contribution in [0.25, 0.3) is 0 Å². The van der Waals surface area contributed by atoms with Gasteiger partial charge in [-0.2, -0.15) is 5.10 Å². The van der Waals surface area contributed by atoms with Crippen LogP contribution in [-0.2, 0) is 4.79 Å². The molecule has 1 aromatic heterocycles. The van der Waals surface area contributed by atoms with Crippen LogP contribution in [-0.4, -0.2) is 46.0 Å². The Morgan fingerprint density at radius 2 is 2.00 bits per heavy atom. The van der Waals surface area contributed by atoms with Crippen LogP contribution >= 0.6 is 0 Å². The van der Waals surface area contributed by atoms with Crippen molar-refractivity contribution in [2.45, 2.75) is 38.1 Å². The number of nitrogens with zero attached hydrogens (tertiary/aromatic N) is 2. The molecule has 1 atom stereocenters. The maximum atomic E-state index is 12.9. The lowest BCUT2D eigenvalue weighted by atomic mass is 9.93. The van der Waals surface area contributed by atoms with Crippen molar-refractivity contribution < 1.29 is 9.59 Å². The normalized spacial score (nSPS) is 16.4. The molecule has 0 aliphatic carbocycles. The van der Waals surface area contributed by atoms with Crippen molar-refractivity contribution in [1.82, 2.24) is 20.4 Å². The second-order valence-corrected chi connectivity index (χ2v) is 6.43. The Kier molecular flexibility index (Phi) is 5.48. The van der Waals surface area contributed by atoms with E-state index in [1.807, 2.05) is 42.2 Å². The number of hydrogen-bond donors (Lipinski definition) is 2. The summed E-state index contributed by atoms with van der Waals surface area (Å²) in [6.45, 7) is 3.41. The van der Waals surface area contributed by atoms with Gasteiger partial charge in [0.2, 0.25) is 5.91 Å². The fourth-order valence-electron chi connectivity index (χ4n) is 3.35. The van der Waals surface area contributed by atoms with Crippen LogP contribution < -0.4 is 5.32 Å². The van der Waals surface area contributed by atoms with Crippen LogP contribution in [0.15, 0.2) is 42.7 Å². The summed E-state index contributed by atoms with van der Waals surface area (Å²) in [5.74, 6) is -0.0131. The van der Waals surface area contributed by atoms with Gasteiger partial charge in [0.1, 0.15) is 0 Å². The number of aromatic nitrogens is 2. The molecule has 1 aliphatic rings. The summed E-state index contributed by atoms with van der Waals surface area (Å²) < 4.78 is 0. The van der Waals surface area contributed by atoms with Gasteiger partial charge in [-0.15, -0.1) is 0 Å². The molecular formula is C19H24N4O2. The number of benzene rings is 1. The van der Waals surface area contributed by atoms with E-state index in [0.717, 1.165) is 24.8 Å². The number of carbonyl (C=O) groups is 2. The summed E-state index contributed by atoms with van der Waals surface area (Å²) in [6.07, 6.45) is 5.44. The zero-order valence-electron chi connectivity index (χ0n) is 14.4. The van der Waals surface area contributed by atoms with E-state index in [9.17, 15) is 9.59 Å². The molecule has 1 aliphatic heterocycles. The number of hydrogen-bond acceptors (Lipinski definition) is 3. The predicted octanol–water partition coefficient (Wildman–Crippen LogP) is 2.32. The summed E-state index contributed by atoms with van der Waals surface area (Å²) in [4.78, 5) is 26.9. The largest absolute Gasteiger partial charge is 0.349 e. The first kappa shape index (κ1) is 17.2. The molecule has 0 unspecified atom stereocenters. The molecule has 132 valence electrons. The number of nitrogens with one attached hydrogen (secondary N) is 2. The van der Waals surface area contributed by atoms with E-state index in [0.29, 0.717) is 18.7 Å². The minimum absolute atomic E-state index is 0.0849. The third-order valence-corrected chi connectivity index (χ3v) is 4.81. The van der Waals surface area contributed by atoms with Gasteiger partial charge in [0.05, 0.1) is 17.7 Å². The topological polar surface area (TPSA) is 78.1 Å². The minimum atomic E-state index is -0.116. The van der Waals surface area contributed by atoms with E-state index in [2.05, 4.69) is 15.5 Å². The lowest BCUT2D eigenvalue weighted by Crippen LogP contribution is -2.47. The lowest BCUT2D eigenvalue weighted by Gasteiger charge is -2.34. The zero-order chi connectivity index (χ0) is 17.6. The maximum absolute atomic E-state index is 12.9. The van der Waals surface area contributed by atoms with Gasteiger partial charge in [0.25, 0.3) is 5.91 Å². The van der Waals surface area contributed by atoms with Gasteiger partial charge in [-0.1, -0.05) is 37.3 Å². The number of amides is 2. The molecule has 0 bridgehead atoms. The molecule has 2 heterocycles. The first-order valence-electron chi connectivity index (χ1n) is 8.82. The number of rotatable bonds is 5. The molecule has 0 saturated carbocycles. The third kappa shape index (κ3) is 4.07. The first-order valence-corrected chi connectivity index (χ1v) is 8.82. The standard InChI is InChI=1S/C19H24N4O2/c1-2-17(14-6-4-3-5-7-14)19(25)23-10-8-16(9-11-23)22-18(24)15-12-20-21-13-15/h3-7,12-13,16-17H,2,8-11H2,1H3,(H,20,21)(H,22,24)/t17-/m1/s1. The SMILES string of the molecule is CC[C@@H](C(=O)N1CCC(NC(=O)c2cn[nH]c2)CC1)c1ccccc1. The van der Waals surface area contributed by atoms with Crippen molar-refractivity contribution in [3.8, 4) is 0 Å². The minimum Gasteiger partial charge on any atom is -0.349 e. The molecule has 1 saturated heterocycles. The molecular weight excluding hydrogens is 316 g/mol. The molecule has 2 N–H and O–H groups in total. The molecule has 25 heavy (non-hydrogen) atoms. The van der Waals surface area contributed by atoms with Gasteiger partial charge in [0, 0.05) is 25.3 Å². The Hall–Kier alpha value is -2.63. The molecule has 6 nitrogen and oxygen atoms in total. The number of piperidine rings is 1. The Balaban J connectivity index is 1.54. The highest BCUT2D eigenvalue weighted by atomic mass is 16.2. The van der Waals surface area contributed by atoms with Gasteiger partial charge in [0.15, 0.2) is 0 Å². The van der Waals surface area contributed by atoms with Crippen molar-refractivity contribution in [2.75, 3.05) is 13.1 Å². The molecule has 1 aromatic carbocycles. The van der Waals surface area contributed by atoms with Crippen LogP contribution in [0, 0.1) is 0 Å². The highest BCUT2D eigenvalue weighted by Crippen LogP contribution is 2.24. The number of H-pyrrole nitrogens is 1. The third-order valence-electron chi connectivity index (χ3n) is 4.81. The average Bonchev–Trinajstić information content (AvgIpc) is 3.19. The summed E-state index contributed by atoms with van der Waals surface area (Å²) in [7, 11) is 0. The van der Waals surface area contributed by atoms with Gasteiger partial charge >= 0.3 is 0 Å². The average molecular weight is 340 g/mol. The van der Waals surface area contributed by atoms with Gasteiger partial charge in [-0.3, -0.25) is 14.7 Å². The highest BCUT2D eigenvalue weighted by Gasteiger charge is 2.28. The van der Waals surface area contributed by atoms with E-state index in [1.165, 1.54) is 6.20 Å². The van der Waals surface area contributed by atoms with E-state index in [-0.39, 0.29) is 23.8 Å². The maximum Gasteiger partial charge on any atom is 0.254 e. The molecule has 2 amide bonds. The second-order valence-electron chi connectivity index (χ2n) is 6.43. The fraction of sp³-hybridized carbons (Fsp3) is 0.421. The van der Waals surface area contributed by atoms with E-state index < -0.39 is 0 Å². The zero-order valence-corrected chi connectivity index (χ0v) is 14.4. The van der Waals surface area contributed by atoms with E-state index >= 15 is 0 Å². The van der Waals surface area contributed by atoms with E-state index in [4.69, 9.17) is 0 Å². The fourth-order valence-corrected chi connectivity index (χ4v) is 3.35. The molecule has 6 heteroatoms.